The number of carbonyl (C=O) groups is 1. The van der Waals surface area contributed by atoms with Crippen molar-refractivity contribution in [2.45, 2.75) is 31.7 Å². The van der Waals surface area contributed by atoms with Gasteiger partial charge in [-0.3, -0.25) is 4.79 Å². The van der Waals surface area contributed by atoms with Crippen LogP contribution in [0.5, 0.6) is 5.75 Å². The topological polar surface area (TPSA) is 138 Å². The van der Waals surface area contributed by atoms with Crippen molar-refractivity contribution >= 4 is 27.3 Å². The number of phenols is 1. The summed E-state index contributed by atoms with van der Waals surface area (Å²) in [5, 5.41) is 17.3. The van der Waals surface area contributed by atoms with Gasteiger partial charge in [-0.2, -0.15) is 4.98 Å². The third-order valence-corrected chi connectivity index (χ3v) is 8.55. The monoisotopic (exact) mass is 625 g/mol. The van der Waals surface area contributed by atoms with Crippen molar-refractivity contribution in [1.29, 1.82) is 0 Å². The highest BCUT2D eigenvalue weighted by atomic mass is 32.2. The Bertz CT molecular complexity index is 1870. The van der Waals surface area contributed by atoms with Crippen LogP contribution in [0.4, 0.5) is 11.4 Å². The number of benzene rings is 4. The molecular weight excluding hydrogens is 590 g/mol. The number of sulfonamides is 1. The first kappa shape index (κ1) is 31.3. The number of hydrogen-bond donors (Lipinski definition) is 3. The van der Waals surface area contributed by atoms with Crippen LogP contribution in [0.25, 0.3) is 22.8 Å². The van der Waals surface area contributed by atoms with Gasteiger partial charge in [-0.15, -0.1) is 0 Å². The number of amides is 1. The maximum Gasteiger partial charge on any atom is 0.265 e. The van der Waals surface area contributed by atoms with Crippen molar-refractivity contribution in [3.63, 3.8) is 0 Å². The smallest absolute Gasteiger partial charge is 0.265 e. The minimum Gasteiger partial charge on any atom is -0.508 e. The first-order chi connectivity index (χ1) is 21.6. The molecule has 4 aromatic carbocycles. The molecule has 1 amide bonds. The zero-order valence-electron chi connectivity index (χ0n) is 25.3. The van der Waals surface area contributed by atoms with E-state index in [1.807, 2.05) is 30.3 Å². The lowest BCUT2D eigenvalue weighted by Gasteiger charge is -2.24. The molecule has 1 aromatic heterocycles. The second-order valence-electron chi connectivity index (χ2n) is 11.1. The van der Waals surface area contributed by atoms with Crippen LogP contribution < -0.4 is 14.9 Å². The molecule has 0 aliphatic heterocycles. The van der Waals surface area contributed by atoms with Gasteiger partial charge in [0.15, 0.2) is 0 Å². The van der Waals surface area contributed by atoms with E-state index in [9.17, 15) is 18.3 Å². The molecule has 0 aliphatic carbocycles. The van der Waals surface area contributed by atoms with Gasteiger partial charge in [0.05, 0.1) is 16.3 Å². The molecule has 232 valence electrons. The molecule has 0 atom stereocenters. The summed E-state index contributed by atoms with van der Waals surface area (Å²) in [5.74, 6) is 0.543. The molecule has 0 fully saturated rings. The van der Waals surface area contributed by atoms with Crippen LogP contribution in [0.1, 0.15) is 36.2 Å². The van der Waals surface area contributed by atoms with Gasteiger partial charge in [0, 0.05) is 36.8 Å². The second kappa shape index (κ2) is 13.6. The van der Waals surface area contributed by atoms with Gasteiger partial charge in [0.2, 0.25) is 5.82 Å². The minimum absolute atomic E-state index is 0.00916. The van der Waals surface area contributed by atoms with E-state index in [2.05, 4.69) is 46.0 Å². The Balaban J connectivity index is 1.38. The van der Waals surface area contributed by atoms with Crippen molar-refractivity contribution < 1.29 is 22.8 Å². The lowest BCUT2D eigenvalue weighted by Crippen LogP contribution is -2.30. The van der Waals surface area contributed by atoms with E-state index in [0.29, 0.717) is 23.9 Å². The van der Waals surface area contributed by atoms with Crippen LogP contribution in [0.3, 0.4) is 0 Å². The van der Waals surface area contributed by atoms with Crippen LogP contribution in [0.2, 0.25) is 0 Å². The molecule has 11 heteroatoms. The largest absolute Gasteiger partial charge is 0.508 e. The third kappa shape index (κ3) is 7.87. The van der Waals surface area contributed by atoms with Crippen molar-refractivity contribution in [2.24, 2.45) is 5.92 Å². The zero-order valence-corrected chi connectivity index (χ0v) is 26.1. The number of carbonyl (C=O) groups excluding carboxylic acids is 1. The summed E-state index contributed by atoms with van der Waals surface area (Å²) in [6.07, 6.45) is 1.04. The van der Waals surface area contributed by atoms with E-state index in [-0.39, 0.29) is 22.1 Å². The maximum atomic E-state index is 12.9. The van der Waals surface area contributed by atoms with Gasteiger partial charge in [-0.05, 0) is 78.6 Å². The Kier molecular flexibility index (Phi) is 9.48. The Hall–Kier alpha value is -5.16. The number of rotatable bonds is 12. The predicted molar refractivity (Wildman–Crippen MR) is 174 cm³/mol. The average molecular weight is 626 g/mol. The van der Waals surface area contributed by atoms with Gasteiger partial charge >= 0.3 is 0 Å². The van der Waals surface area contributed by atoms with Crippen molar-refractivity contribution in [1.82, 2.24) is 14.9 Å². The average Bonchev–Trinajstić information content (AvgIpc) is 3.54. The Labute approximate surface area is 262 Å². The fourth-order valence-electron chi connectivity index (χ4n) is 4.62. The summed E-state index contributed by atoms with van der Waals surface area (Å²) in [5.41, 5.74) is 4.23. The lowest BCUT2D eigenvalue weighted by atomic mass is 10.1. The summed E-state index contributed by atoms with van der Waals surface area (Å²) in [4.78, 5) is 19.6. The summed E-state index contributed by atoms with van der Waals surface area (Å²) >= 11 is 0. The zero-order chi connectivity index (χ0) is 32.0. The lowest BCUT2D eigenvalue weighted by molar-refractivity contribution is 0.0981. The molecule has 5 aromatic rings. The first-order valence-corrected chi connectivity index (χ1v) is 16.0. The fourth-order valence-corrected chi connectivity index (χ4v) is 5.62. The van der Waals surface area contributed by atoms with Gasteiger partial charge in [0.1, 0.15) is 5.75 Å². The molecule has 10 nitrogen and oxygen atoms in total. The number of phenolic OH excluding ortho intramolecular Hbond substituents is 1. The number of nitrogens with one attached hydrogen (secondary N) is 2. The molecule has 0 spiro atoms. The van der Waals surface area contributed by atoms with Gasteiger partial charge in [-0.1, -0.05) is 55.4 Å². The molecule has 45 heavy (non-hydrogen) atoms. The third-order valence-electron chi connectivity index (χ3n) is 7.21. The van der Waals surface area contributed by atoms with Gasteiger partial charge in [0.25, 0.3) is 21.8 Å². The fraction of sp³-hybridized carbons (Fsp3) is 0.206. The van der Waals surface area contributed by atoms with Crippen LogP contribution in [0.15, 0.2) is 106 Å². The molecule has 5 rings (SSSR count). The molecular formula is C34H35N5O5S. The SMILES string of the molecule is CC(C)CCN(C)c1ccc(-c2noc(-c3cccc(C(=O)NS(=O)(=O)c4ccccc4)c3)n2)cc1NCc1ccc(O)cc1. The summed E-state index contributed by atoms with van der Waals surface area (Å²) in [6.45, 7) is 5.82. The quantitative estimate of drug-likeness (QED) is 0.145. The summed E-state index contributed by atoms with van der Waals surface area (Å²) in [6, 6.07) is 27.0. The first-order valence-electron chi connectivity index (χ1n) is 14.5. The van der Waals surface area contributed by atoms with Gasteiger partial charge < -0.3 is 19.8 Å². The van der Waals surface area contributed by atoms with Crippen LogP contribution in [-0.4, -0.2) is 43.2 Å². The maximum absolute atomic E-state index is 12.9. The Morgan fingerprint density at radius 1 is 0.933 bits per heavy atom. The van der Waals surface area contributed by atoms with E-state index in [1.165, 1.54) is 24.3 Å². The Morgan fingerprint density at radius 3 is 2.42 bits per heavy atom. The number of aromatic nitrogens is 2. The molecule has 0 bridgehead atoms. The van der Waals surface area contributed by atoms with Crippen LogP contribution in [-0.2, 0) is 16.6 Å². The van der Waals surface area contributed by atoms with Crippen molar-refractivity contribution in [3.8, 4) is 28.6 Å². The highest BCUT2D eigenvalue weighted by Crippen LogP contribution is 2.32. The van der Waals surface area contributed by atoms with E-state index in [0.717, 1.165) is 35.5 Å². The summed E-state index contributed by atoms with van der Waals surface area (Å²) < 4.78 is 33.0. The number of nitrogens with zero attached hydrogens (tertiary/aromatic N) is 3. The van der Waals surface area contributed by atoms with E-state index < -0.39 is 15.9 Å². The van der Waals surface area contributed by atoms with Crippen LogP contribution >= 0.6 is 0 Å². The van der Waals surface area contributed by atoms with E-state index in [1.54, 1.807) is 42.5 Å². The number of hydrogen-bond acceptors (Lipinski definition) is 9. The van der Waals surface area contributed by atoms with Crippen LogP contribution in [0, 0.1) is 5.92 Å². The number of anilines is 2. The normalized spacial score (nSPS) is 11.4. The highest BCUT2D eigenvalue weighted by molar-refractivity contribution is 7.90. The minimum atomic E-state index is -4.04. The molecule has 0 saturated carbocycles. The second-order valence-corrected chi connectivity index (χ2v) is 12.8. The van der Waals surface area contributed by atoms with Crippen molar-refractivity contribution in [3.05, 3.63) is 108 Å². The molecule has 3 N–H and O–H groups in total. The van der Waals surface area contributed by atoms with E-state index in [4.69, 9.17) is 4.52 Å². The number of aromatic hydroxyl groups is 1. The predicted octanol–water partition coefficient (Wildman–Crippen LogP) is 6.32. The van der Waals surface area contributed by atoms with Crippen molar-refractivity contribution in [2.75, 3.05) is 23.8 Å². The standard InChI is InChI=1S/C34H35N5O5S/c1-23(2)18-19-39(3)31-17-14-25(21-30(31)35-22-24-12-15-28(40)16-13-24)32-36-34(44-37-32)27-9-7-8-26(20-27)33(41)38-45(42,43)29-10-5-4-6-11-29/h4-17,20-21,23,35,40H,18-19,22H2,1-3H3,(H,38,41). The molecule has 0 radical (unpaired) electrons. The molecule has 0 aliphatic rings. The van der Waals surface area contributed by atoms with E-state index >= 15 is 0 Å². The Morgan fingerprint density at radius 2 is 1.69 bits per heavy atom. The summed E-state index contributed by atoms with van der Waals surface area (Å²) in [7, 11) is -1.98. The molecule has 0 unspecified atom stereocenters. The van der Waals surface area contributed by atoms with Gasteiger partial charge in [-0.25, -0.2) is 13.1 Å². The highest BCUT2D eigenvalue weighted by Gasteiger charge is 2.20. The molecule has 1 heterocycles. The molecule has 0 saturated heterocycles.